The van der Waals surface area contributed by atoms with E-state index in [2.05, 4.69) is 30.6 Å². The molecule has 3 aromatic rings. The van der Waals surface area contributed by atoms with Gasteiger partial charge >= 0.3 is 5.97 Å². The van der Waals surface area contributed by atoms with Crippen LogP contribution in [-0.2, 0) is 9.53 Å². The Bertz CT molecular complexity index is 1050. The Hall–Kier alpha value is -3.79. The first-order chi connectivity index (χ1) is 15.1. The number of carbonyl (C=O) groups excluding carboxylic acids is 2. The summed E-state index contributed by atoms with van der Waals surface area (Å²) in [5.41, 5.74) is 1.86. The number of rotatable bonds is 6. The monoisotopic (exact) mass is 421 g/mol. The maximum absolute atomic E-state index is 12.5. The smallest absolute Gasteiger partial charge is 0.337 e. The summed E-state index contributed by atoms with van der Waals surface area (Å²) in [5.74, 6) is 0.115. The number of para-hydroxylation sites is 1. The largest absolute Gasteiger partial charge is 0.465 e. The molecule has 4 rings (SSSR count). The lowest BCUT2D eigenvalue weighted by Crippen LogP contribution is -2.49. The van der Waals surface area contributed by atoms with Gasteiger partial charge in [0, 0.05) is 31.9 Å². The van der Waals surface area contributed by atoms with Crippen LogP contribution in [0, 0.1) is 0 Å². The van der Waals surface area contributed by atoms with Gasteiger partial charge in [-0.3, -0.25) is 9.69 Å². The van der Waals surface area contributed by atoms with Gasteiger partial charge in [-0.05, 0) is 40.8 Å². The Morgan fingerprint density at radius 3 is 2.55 bits per heavy atom. The van der Waals surface area contributed by atoms with Crippen LogP contribution in [0.25, 0.3) is 5.69 Å². The predicted molar refractivity (Wildman–Crippen MR) is 114 cm³/mol. The fourth-order valence-electron chi connectivity index (χ4n) is 3.47. The number of aromatic nitrogens is 4. The van der Waals surface area contributed by atoms with E-state index in [4.69, 9.17) is 4.74 Å². The van der Waals surface area contributed by atoms with Crippen LogP contribution in [0.1, 0.15) is 10.4 Å². The Balaban J connectivity index is 1.32. The van der Waals surface area contributed by atoms with E-state index in [1.54, 1.807) is 28.9 Å². The van der Waals surface area contributed by atoms with Crippen LogP contribution >= 0.6 is 0 Å². The third-order valence-electron chi connectivity index (χ3n) is 5.04. The molecule has 2 heterocycles. The number of anilines is 2. The maximum atomic E-state index is 12.5. The fraction of sp³-hybridized carbons (Fsp3) is 0.286. The minimum Gasteiger partial charge on any atom is -0.465 e. The third kappa shape index (κ3) is 4.86. The van der Waals surface area contributed by atoms with Crippen LogP contribution in [0.4, 0.5) is 11.6 Å². The summed E-state index contributed by atoms with van der Waals surface area (Å²) < 4.78 is 6.43. The number of ether oxygens (including phenoxy) is 1. The highest BCUT2D eigenvalue weighted by molar-refractivity contribution is 5.95. The van der Waals surface area contributed by atoms with Gasteiger partial charge in [-0.25, -0.2) is 4.79 Å². The van der Waals surface area contributed by atoms with Crippen molar-refractivity contribution in [2.45, 2.75) is 0 Å². The molecule has 1 N–H and O–H groups in total. The van der Waals surface area contributed by atoms with Crippen LogP contribution in [0.3, 0.4) is 0 Å². The first-order valence-corrected chi connectivity index (χ1v) is 9.93. The second-order valence-electron chi connectivity index (χ2n) is 7.11. The molecule has 0 unspecified atom stereocenters. The molecule has 0 atom stereocenters. The van der Waals surface area contributed by atoms with Gasteiger partial charge in [-0.1, -0.05) is 29.4 Å². The number of amides is 1. The van der Waals surface area contributed by atoms with Gasteiger partial charge in [0.05, 0.1) is 24.9 Å². The minimum absolute atomic E-state index is 0.135. The van der Waals surface area contributed by atoms with Crippen LogP contribution in [-0.4, -0.2) is 76.8 Å². The molecule has 0 saturated carbocycles. The molecule has 0 radical (unpaired) electrons. The number of hydrogen-bond donors (Lipinski definition) is 1. The molecular weight excluding hydrogens is 398 g/mol. The van der Waals surface area contributed by atoms with E-state index in [-0.39, 0.29) is 12.5 Å². The molecule has 0 aliphatic carbocycles. The van der Waals surface area contributed by atoms with Crippen LogP contribution in [0.5, 0.6) is 0 Å². The van der Waals surface area contributed by atoms with Crippen molar-refractivity contribution in [3.8, 4) is 5.69 Å². The van der Waals surface area contributed by atoms with Crippen molar-refractivity contribution >= 4 is 23.5 Å². The summed E-state index contributed by atoms with van der Waals surface area (Å²) in [6.45, 7) is 3.09. The summed E-state index contributed by atoms with van der Waals surface area (Å²) in [6.07, 6.45) is 0. The van der Waals surface area contributed by atoms with E-state index in [1.807, 2.05) is 30.3 Å². The molecule has 31 heavy (non-hydrogen) atoms. The summed E-state index contributed by atoms with van der Waals surface area (Å²) in [4.78, 5) is 28.3. The highest BCUT2D eigenvalue weighted by Gasteiger charge is 2.23. The van der Waals surface area contributed by atoms with Crippen molar-refractivity contribution < 1.29 is 14.3 Å². The first-order valence-electron chi connectivity index (χ1n) is 9.93. The highest BCUT2D eigenvalue weighted by atomic mass is 16.5. The van der Waals surface area contributed by atoms with E-state index < -0.39 is 5.97 Å². The molecule has 0 spiro atoms. The molecule has 0 bridgehead atoms. The molecule has 10 heteroatoms. The van der Waals surface area contributed by atoms with Crippen molar-refractivity contribution in [1.82, 2.24) is 25.1 Å². The first kappa shape index (κ1) is 20.5. The number of piperazine rings is 1. The lowest BCUT2D eigenvalue weighted by atomic mass is 10.2. The van der Waals surface area contributed by atoms with Gasteiger partial charge < -0.3 is 15.0 Å². The number of methoxy groups -OCH3 is 1. The number of esters is 1. The van der Waals surface area contributed by atoms with Gasteiger partial charge in [-0.15, -0.1) is 0 Å². The summed E-state index contributed by atoms with van der Waals surface area (Å²) in [7, 11) is 1.33. The zero-order valence-electron chi connectivity index (χ0n) is 17.1. The maximum Gasteiger partial charge on any atom is 0.337 e. The number of carbonyl (C=O) groups is 2. The number of nitrogens with zero attached hydrogens (tertiary/aromatic N) is 6. The molecule has 10 nitrogen and oxygen atoms in total. The van der Waals surface area contributed by atoms with Gasteiger partial charge in [0.1, 0.15) is 0 Å². The number of tetrazole rings is 1. The average molecular weight is 421 g/mol. The standard InChI is InChI=1S/C21H23N7O3/c1-31-20(30)16-6-5-7-17(14-16)22-19(29)15-26-10-12-27(13-11-26)21-23-24-25-28(21)18-8-3-2-4-9-18/h2-9,14H,10-13,15H2,1H3,(H,22,29). The lowest BCUT2D eigenvalue weighted by Gasteiger charge is -2.34. The summed E-state index contributed by atoms with van der Waals surface area (Å²) in [5, 5.41) is 14.9. The summed E-state index contributed by atoms with van der Waals surface area (Å²) >= 11 is 0. The quantitative estimate of drug-likeness (QED) is 0.592. The number of benzene rings is 2. The second kappa shape index (κ2) is 9.35. The Labute approximate surface area is 179 Å². The molecule has 1 amide bonds. The molecule has 1 fully saturated rings. The normalized spacial score (nSPS) is 14.3. The predicted octanol–water partition coefficient (Wildman–Crippen LogP) is 1.21. The Morgan fingerprint density at radius 1 is 1.03 bits per heavy atom. The fourth-order valence-corrected chi connectivity index (χ4v) is 3.47. The van der Waals surface area contributed by atoms with Gasteiger partial charge in [0.25, 0.3) is 0 Å². The zero-order valence-corrected chi connectivity index (χ0v) is 17.1. The SMILES string of the molecule is COC(=O)c1cccc(NC(=O)CN2CCN(c3nnnn3-c3ccccc3)CC2)c1. The number of nitrogens with one attached hydrogen (secondary N) is 1. The van der Waals surface area contributed by atoms with Crippen molar-refractivity contribution in [3.63, 3.8) is 0 Å². The molecule has 1 aliphatic rings. The molecule has 1 aliphatic heterocycles. The zero-order chi connectivity index (χ0) is 21.6. The van der Waals surface area contributed by atoms with E-state index in [0.717, 1.165) is 5.69 Å². The average Bonchev–Trinajstić information content (AvgIpc) is 3.30. The Kier molecular flexibility index (Phi) is 6.18. The third-order valence-corrected chi connectivity index (χ3v) is 5.04. The molecule has 1 saturated heterocycles. The van der Waals surface area contributed by atoms with E-state index in [1.165, 1.54) is 7.11 Å². The van der Waals surface area contributed by atoms with E-state index in [0.29, 0.717) is 43.4 Å². The van der Waals surface area contributed by atoms with Gasteiger partial charge in [-0.2, -0.15) is 4.68 Å². The van der Waals surface area contributed by atoms with Gasteiger partial charge in [0.15, 0.2) is 0 Å². The molecular formula is C21H23N7O3. The van der Waals surface area contributed by atoms with Crippen LogP contribution in [0.15, 0.2) is 54.6 Å². The van der Waals surface area contributed by atoms with Crippen molar-refractivity contribution in [2.24, 2.45) is 0 Å². The minimum atomic E-state index is -0.440. The van der Waals surface area contributed by atoms with Crippen LogP contribution < -0.4 is 10.2 Å². The molecule has 2 aromatic carbocycles. The molecule has 160 valence electrons. The molecule has 1 aromatic heterocycles. The Morgan fingerprint density at radius 2 is 1.81 bits per heavy atom. The van der Waals surface area contributed by atoms with Gasteiger partial charge in [0.2, 0.25) is 11.9 Å². The van der Waals surface area contributed by atoms with Crippen molar-refractivity contribution in [3.05, 3.63) is 60.2 Å². The van der Waals surface area contributed by atoms with Crippen molar-refractivity contribution in [2.75, 3.05) is 50.1 Å². The van der Waals surface area contributed by atoms with Crippen molar-refractivity contribution in [1.29, 1.82) is 0 Å². The topological polar surface area (TPSA) is 105 Å². The lowest BCUT2D eigenvalue weighted by molar-refractivity contribution is -0.117. The second-order valence-corrected chi connectivity index (χ2v) is 7.11. The summed E-state index contributed by atoms with van der Waals surface area (Å²) in [6, 6.07) is 16.4. The van der Waals surface area contributed by atoms with Crippen LogP contribution in [0.2, 0.25) is 0 Å². The van der Waals surface area contributed by atoms with E-state index >= 15 is 0 Å². The van der Waals surface area contributed by atoms with E-state index in [9.17, 15) is 9.59 Å². The highest BCUT2D eigenvalue weighted by Crippen LogP contribution is 2.17. The number of hydrogen-bond acceptors (Lipinski definition) is 8.